The fraction of sp³-hybridized carbons (Fsp3) is 0.545. The number of rotatable bonds is 4. The number of carbonyl (C=O) groups excluding carboxylic acids is 3. The Bertz CT molecular complexity index is 1490. The molecule has 5 aliphatic heterocycles. The van der Waals surface area contributed by atoms with Crippen LogP contribution in [0.4, 0.5) is 0 Å². The Kier molecular flexibility index (Phi) is 8.94. The first-order chi connectivity index (χ1) is 22.7. The van der Waals surface area contributed by atoms with Crippen LogP contribution in [-0.4, -0.2) is 138 Å². The van der Waals surface area contributed by atoms with E-state index in [0.29, 0.717) is 55.5 Å². The highest BCUT2D eigenvalue weighted by atomic mass is 16.7. The molecule has 7 atom stereocenters. The van der Waals surface area contributed by atoms with Gasteiger partial charge in [-0.3, -0.25) is 19.3 Å². The maximum Gasteiger partial charge on any atom is 0.254 e. The SMILES string of the molecule is COc1ccc(C(=O)N2C[C@@H]3CN(CCO3)C(=O)[C@@H]3C[C@@H](CN3Cc3ccc4c(c3)OCO4)NC(=O)C[C@@H]3O[C@H](C2)[C@@H](O)[C@H]3O)cc1. The number of aliphatic hydroxyl groups is 2. The van der Waals surface area contributed by atoms with Crippen molar-refractivity contribution in [3.05, 3.63) is 53.6 Å². The van der Waals surface area contributed by atoms with Crippen LogP contribution in [0.3, 0.4) is 0 Å². The van der Waals surface area contributed by atoms with Gasteiger partial charge in [0.2, 0.25) is 18.6 Å². The molecule has 0 aliphatic carbocycles. The average Bonchev–Trinajstić information content (AvgIpc) is 3.78. The Morgan fingerprint density at radius 2 is 1.77 bits per heavy atom. The molecule has 2 aromatic carbocycles. The van der Waals surface area contributed by atoms with Crippen LogP contribution in [0.2, 0.25) is 0 Å². The van der Waals surface area contributed by atoms with Crippen LogP contribution in [0.25, 0.3) is 0 Å². The van der Waals surface area contributed by atoms with Crippen LogP contribution in [0.1, 0.15) is 28.8 Å². The van der Waals surface area contributed by atoms with Crippen LogP contribution in [0.5, 0.6) is 17.2 Å². The van der Waals surface area contributed by atoms with Gasteiger partial charge in [0.15, 0.2) is 11.5 Å². The molecule has 3 amide bonds. The standard InChI is InChI=1S/C33H40N4O10/c1-43-22-5-3-20(4-6-22)32(41)37-16-23-15-35(8-9-44-23)33(42)24-11-21(34-29(38)12-27-30(39)31(40)28(17-37)47-27)14-36(24)13-19-2-7-25-26(10-19)46-18-45-25/h2-7,10,21,23-24,27-28,30-31,39-40H,8-9,11-18H2,1H3,(H,34,38)/t21-,23-,24-,27-,28+,30-,31+/m0/s1. The quantitative estimate of drug-likeness (QED) is 0.400. The lowest BCUT2D eigenvalue weighted by Gasteiger charge is -2.38. The van der Waals surface area contributed by atoms with Gasteiger partial charge in [-0.2, -0.15) is 0 Å². The number of nitrogens with zero attached hydrogens (tertiary/aromatic N) is 3. The Hall–Kier alpha value is -3.95. The van der Waals surface area contributed by atoms with Crippen molar-refractivity contribution in [3.63, 3.8) is 0 Å². The van der Waals surface area contributed by atoms with Gasteiger partial charge in [-0.05, 0) is 48.4 Å². The van der Waals surface area contributed by atoms with Crippen molar-refractivity contribution in [3.8, 4) is 17.2 Å². The van der Waals surface area contributed by atoms with Gasteiger partial charge >= 0.3 is 0 Å². The lowest BCUT2D eigenvalue weighted by molar-refractivity contribution is -0.144. The minimum Gasteiger partial charge on any atom is -0.497 e. The zero-order chi connectivity index (χ0) is 32.7. The summed E-state index contributed by atoms with van der Waals surface area (Å²) in [6, 6.07) is 11.6. The molecular formula is C33H40N4O10. The number of hydrogen-bond acceptors (Lipinski definition) is 11. The van der Waals surface area contributed by atoms with E-state index in [-0.39, 0.29) is 56.6 Å². The van der Waals surface area contributed by atoms with Crippen molar-refractivity contribution < 1.29 is 48.3 Å². The Morgan fingerprint density at radius 3 is 2.57 bits per heavy atom. The number of carbonyl (C=O) groups is 3. The largest absolute Gasteiger partial charge is 0.497 e. The number of nitrogens with one attached hydrogen (secondary N) is 1. The van der Waals surface area contributed by atoms with Crippen LogP contribution >= 0.6 is 0 Å². The van der Waals surface area contributed by atoms with Crippen molar-refractivity contribution in [2.75, 3.05) is 53.2 Å². The Labute approximate surface area is 272 Å². The van der Waals surface area contributed by atoms with E-state index in [0.717, 1.165) is 5.56 Å². The summed E-state index contributed by atoms with van der Waals surface area (Å²) in [6.45, 7) is 2.07. The highest BCUT2D eigenvalue weighted by Gasteiger charge is 2.46. The second-order valence-corrected chi connectivity index (χ2v) is 12.7. The highest BCUT2D eigenvalue weighted by Crippen LogP contribution is 2.34. The fourth-order valence-corrected chi connectivity index (χ4v) is 7.19. The third kappa shape index (κ3) is 6.61. The third-order valence-electron chi connectivity index (χ3n) is 9.62. The summed E-state index contributed by atoms with van der Waals surface area (Å²) >= 11 is 0. The van der Waals surface area contributed by atoms with Crippen LogP contribution in [0, 0.1) is 0 Å². The molecule has 4 saturated heterocycles. The monoisotopic (exact) mass is 652 g/mol. The summed E-state index contributed by atoms with van der Waals surface area (Å²) in [5, 5.41) is 24.8. The van der Waals surface area contributed by atoms with Gasteiger partial charge in [0.1, 0.15) is 24.1 Å². The number of amides is 3. The van der Waals surface area contributed by atoms with Gasteiger partial charge in [-0.15, -0.1) is 0 Å². The summed E-state index contributed by atoms with van der Waals surface area (Å²) in [5.41, 5.74) is 1.34. The average molecular weight is 653 g/mol. The number of benzene rings is 2. The van der Waals surface area contributed by atoms with E-state index in [1.165, 1.54) is 4.90 Å². The van der Waals surface area contributed by atoms with E-state index >= 15 is 0 Å². The Balaban J connectivity index is 1.16. The number of aliphatic hydroxyl groups excluding tert-OH is 2. The number of morpholine rings is 1. The summed E-state index contributed by atoms with van der Waals surface area (Å²) in [5.74, 6) is 1.17. The summed E-state index contributed by atoms with van der Waals surface area (Å²) in [6.07, 6.45) is -4.82. The van der Waals surface area contributed by atoms with Crippen LogP contribution < -0.4 is 19.5 Å². The van der Waals surface area contributed by atoms with E-state index < -0.39 is 36.6 Å². The molecule has 6 bridgehead atoms. The summed E-state index contributed by atoms with van der Waals surface area (Å²) < 4.78 is 28.4. The van der Waals surface area contributed by atoms with Gasteiger partial charge < -0.3 is 49.0 Å². The molecule has 0 spiro atoms. The number of likely N-dealkylation sites (tertiary alicyclic amines) is 1. The first kappa shape index (κ1) is 31.6. The van der Waals surface area contributed by atoms with E-state index in [4.69, 9.17) is 23.7 Å². The number of hydrogen-bond donors (Lipinski definition) is 3. The Morgan fingerprint density at radius 1 is 0.979 bits per heavy atom. The lowest BCUT2D eigenvalue weighted by atomic mass is 10.0. The molecular weight excluding hydrogens is 612 g/mol. The smallest absolute Gasteiger partial charge is 0.254 e. The van der Waals surface area contributed by atoms with Gasteiger partial charge in [0.25, 0.3) is 5.91 Å². The minimum absolute atomic E-state index is 0.0520. The van der Waals surface area contributed by atoms with Gasteiger partial charge in [-0.25, -0.2) is 0 Å². The molecule has 0 radical (unpaired) electrons. The molecule has 0 aromatic heterocycles. The predicted octanol–water partition coefficient (Wildman–Crippen LogP) is -0.254. The first-order valence-corrected chi connectivity index (χ1v) is 16.0. The van der Waals surface area contributed by atoms with Crippen molar-refractivity contribution in [2.45, 2.75) is 62.0 Å². The van der Waals surface area contributed by atoms with E-state index in [1.54, 1.807) is 36.3 Å². The van der Waals surface area contributed by atoms with Crippen LogP contribution in [0.15, 0.2) is 42.5 Å². The van der Waals surface area contributed by atoms with Crippen LogP contribution in [-0.2, 0) is 25.6 Å². The van der Waals surface area contributed by atoms with Gasteiger partial charge in [-0.1, -0.05) is 6.07 Å². The zero-order valence-corrected chi connectivity index (χ0v) is 26.2. The van der Waals surface area contributed by atoms with Crippen molar-refractivity contribution in [1.29, 1.82) is 0 Å². The van der Waals surface area contributed by atoms with Crippen molar-refractivity contribution in [2.24, 2.45) is 0 Å². The van der Waals surface area contributed by atoms with E-state index in [9.17, 15) is 24.6 Å². The van der Waals surface area contributed by atoms with Gasteiger partial charge in [0, 0.05) is 50.9 Å². The highest BCUT2D eigenvalue weighted by molar-refractivity contribution is 5.94. The topological polar surface area (TPSA) is 160 Å². The molecule has 0 saturated carbocycles. The maximum absolute atomic E-state index is 14.2. The number of ether oxygens (including phenoxy) is 5. The van der Waals surface area contributed by atoms with Gasteiger partial charge in [0.05, 0.1) is 38.4 Å². The van der Waals surface area contributed by atoms with E-state index in [2.05, 4.69) is 10.2 Å². The van der Waals surface area contributed by atoms with Crippen molar-refractivity contribution in [1.82, 2.24) is 20.0 Å². The molecule has 5 aliphatic rings. The first-order valence-electron chi connectivity index (χ1n) is 16.0. The van der Waals surface area contributed by atoms with Crippen molar-refractivity contribution >= 4 is 17.7 Å². The molecule has 14 heteroatoms. The molecule has 3 N–H and O–H groups in total. The normalized spacial score (nSPS) is 31.2. The number of fused-ring (bicyclic) bond motifs is 7. The summed E-state index contributed by atoms with van der Waals surface area (Å²) in [4.78, 5) is 46.6. The summed E-state index contributed by atoms with van der Waals surface area (Å²) in [7, 11) is 1.54. The zero-order valence-electron chi connectivity index (χ0n) is 26.2. The maximum atomic E-state index is 14.2. The molecule has 7 rings (SSSR count). The molecule has 252 valence electrons. The molecule has 4 fully saturated rings. The fourth-order valence-electron chi connectivity index (χ4n) is 7.19. The minimum atomic E-state index is -1.32. The lowest BCUT2D eigenvalue weighted by Crippen LogP contribution is -2.55. The molecule has 5 heterocycles. The van der Waals surface area contributed by atoms with E-state index in [1.807, 2.05) is 18.2 Å². The second-order valence-electron chi connectivity index (χ2n) is 12.7. The molecule has 2 aromatic rings. The molecule has 14 nitrogen and oxygen atoms in total. The third-order valence-corrected chi connectivity index (χ3v) is 9.62. The molecule has 0 unspecified atom stereocenters. The second kappa shape index (κ2) is 13.3. The predicted molar refractivity (Wildman–Crippen MR) is 164 cm³/mol. The number of methoxy groups -OCH3 is 1. The molecule has 47 heavy (non-hydrogen) atoms.